The fourth-order valence-electron chi connectivity index (χ4n) is 3.72. The molecule has 7 nitrogen and oxygen atoms in total. The average Bonchev–Trinajstić information content (AvgIpc) is 3.19. The first-order valence-electron chi connectivity index (χ1n) is 9.16. The van der Waals surface area contributed by atoms with Crippen molar-refractivity contribution in [1.29, 1.82) is 0 Å². The second kappa shape index (κ2) is 7.43. The Morgan fingerprint density at radius 3 is 2.76 bits per heavy atom. The molecule has 3 heterocycles. The quantitative estimate of drug-likeness (QED) is 0.718. The summed E-state index contributed by atoms with van der Waals surface area (Å²) in [5.74, 6) is 0.542. The van der Waals surface area contributed by atoms with Crippen LogP contribution in [0.4, 0.5) is 19.0 Å². The molecule has 0 spiro atoms. The van der Waals surface area contributed by atoms with E-state index in [9.17, 15) is 23.1 Å². The molecule has 0 radical (unpaired) electrons. The molecule has 1 saturated heterocycles. The predicted molar refractivity (Wildman–Crippen MR) is 99.4 cm³/mol. The van der Waals surface area contributed by atoms with E-state index in [4.69, 9.17) is 0 Å². The molecule has 0 amide bonds. The highest BCUT2D eigenvalue weighted by atomic mass is 19.4. The Morgan fingerprint density at radius 1 is 1.21 bits per heavy atom. The van der Waals surface area contributed by atoms with Crippen molar-refractivity contribution in [3.8, 4) is 0 Å². The molecular weight excluding hydrogens is 387 g/mol. The van der Waals surface area contributed by atoms with Crippen molar-refractivity contribution in [2.24, 2.45) is 0 Å². The third-order valence-electron chi connectivity index (χ3n) is 5.00. The number of benzene rings is 1. The number of aliphatic hydroxyl groups is 1. The van der Waals surface area contributed by atoms with Gasteiger partial charge < -0.3 is 10.0 Å². The first-order chi connectivity index (χ1) is 13.9. The van der Waals surface area contributed by atoms with Crippen LogP contribution in [0.15, 0.2) is 41.5 Å². The number of para-hydroxylation sites is 1. The zero-order valence-electron chi connectivity index (χ0n) is 15.3. The first kappa shape index (κ1) is 19.3. The van der Waals surface area contributed by atoms with Gasteiger partial charge in [-0.25, -0.2) is 15.0 Å². The largest absolute Gasteiger partial charge is 0.433 e. The minimum absolute atomic E-state index is 0.0495. The lowest BCUT2D eigenvalue weighted by Crippen LogP contribution is -2.33. The van der Waals surface area contributed by atoms with Gasteiger partial charge >= 0.3 is 6.18 Å². The summed E-state index contributed by atoms with van der Waals surface area (Å²) in [5.41, 5.74) is -0.801. The summed E-state index contributed by atoms with van der Waals surface area (Å²) >= 11 is 0. The van der Waals surface area contributed by atoms with E-state index in [1.54, 1.807) is 29.2 Å². The summed E-state index contributed by atoms with van der Waals surface area (Å²) in [6, 6.07) is 7.35. The van der Waals surface area contributed by atoms with E-state index in [0.29, 0.717) is 36.1 Å². The van der Waals surface area contributed by atoms with Crippen molar-refractivity contribution in [2.45, 2.75) is 31.6 Å². The van der Waals surface area contributed by atoms with Crippen LogP contribution in [0.5, 0.6) is 0 Å². The molecule has 4 rings (SSSR count). The molecule has 1 aliphatic heterocycles. The molecule has 1 unspecified atom stereocenters. The first-order valence-corrected chi connectivity index (χ1v) is 9.16. The lowest BCUT2D eigenvalue weighted by atomic mass is 10.1. The van der Waals surface area contributed by atoms with Crippen molar-refractivity contribution in [3.63, 3.8) is 0 Å². The number of aliphatic hydroxyl groups excluding tert-OH is 1. The number of anilines is 1. The third-order valence-corrected chi connectivity index (χ3v) is 5.00. The van der Waals surface area contributed by atoms with E-state index < -0.39 is 17.9 Å². The summed E-state index contributed by atoms with van der Waals surface area (Å²) in [6.45, 7) is 0.264. The minimum atomic E-state index is -4.58. The zero-order valence-corrected chi connectivity index (χ0v) is 15.3. The number of hydrogen-bond donors (Lipinski definition) is 1. The number of fused-ring (bicyclic) bond motifs is 1. The summed E-state index contributed by atoms with van der Waals surface area (Å²) in [5, 5.41) is 9.87. The van der Waals surface area contributed by atoms with Gasteiger partial charge in [0.25, 0.3) is 5.56 Å². The van der Waals surface area contributed by atoms with Crippen molar-refractivity contribution in [3.05, 3.63) is 58.5 Å². The number of halogens is 3. The second-order valence-corrected chi connectivity index (χ2v) is 6.78. The van der Waals surface area contributed by atoms with Crippen molar-refractivity contribution in [1.82, 2.24) is 19.5 Å². The van der Waals surface area contributed by atoms with Gasteiger partial charge in [-0.15, -0.1) is 0 Å². The van der Waals surface area contributed by atoms with Crippen LogP contribution in [0.1, 0.15) is 30.4 Å². The molecule has 0 saturated carbocycles. The number of rotatable bonds is 4. The van der Waals surface area contributed by atoms with Crippen LogP contribution in [-0.2, 0) is 12.7 Å². The van der Waals surface area contributed by atoms with Crippen molar-refractivity contribution < 1.29 is 18.3 Å². The Balaban J connectivity index is 1.83. The maximum absolute atomic E-state index is 13.1. The fraction of sp³-hybridized carbons (Fsp3) is 0.368. The topological polar surface area (TPSA) is 84.1 Å². The molecule has 3 aromatic rings. The highest BCUT2D eigenvalue weighted by Crippen LogP contribution is 2.36. The molecule has 2 aromatic heterocycles. The lowest BCUT2D eigenvalue weighted by molar-refractivity contribution is -0.141. The third kappa shape index (κ3) is 3.55. The van der Waals surface area contributed by atoms with Gasteiger partial charge in [0, 0.05) is 12.6 Å². The van der Waals surface area contributed by atoms with Crippen LogP contribution in [0.2, 0.25) is 0 Å². The molecule has 1 N–H and O–H groups in total. The Hall–Kier alpha value is -3.01. The minimum Gasteiger partial charge on any atom is -0.395 e. The molecule has 1 aliphatic rings. The van der Waals surface area contributed by atoms with Crippen LogP contribution < -0.4 is 10.5 Å². The molecule has 152 valence electrons. The van der Waals surface area contributed by atoms with Gasteiger partial charge in [-0.1, -0.05) is 12.1 Å². The summed E-state index contributed by atoms with van der Waals surface area (Å²) < 4.78 is 40.6. The highest BCUT2D eigenvalue weighted by Gasteiger charge is 2.36. The van der Waals surface area contributed by atoms with E-state index >= 15 is 0 Å². The Labute approximate surface area is 163 Å². The maximum Gasteiger partial charge on any atom is 0.433 e. The summed E-state index contributed by atoms with van der Waals surface area (Å²) in [4.78, 5) is 26.6. The number of alkyl halides is 3. The lowest BCUT2D eigenvalue weighted by Gasteiger charge is -2.27. The Bertz CT molecular complexity index is 1100. The van der Waals surface area contributed by atoms with Gasteiger partial charge in [-0.05, 0) is 25.0 Å². The van der Waals surface area contributed by atoms with Crippen LogP contribution in [0, 0.1) is 0 Å². The molecule has 29 heavy (non-hydrogen) atoms. The normalized spacial score (nSPS) is 17.2. The van der Waals surface area contributed by atoms with Gasteiger partial charge in [-0.2, -0.15) is 13.2 Å². The fourth-order valence-corrected chi connectivity index (χ4v) is 3.72. The van der Waals surface area contributed by atoms with Gasteiger partial charge in [-0.3, -0.25) is 9.36 Å². The number of hydrogen-bond acceptors (Lipinski definition) is 6. The summed E-state index contributed by atoms with van der Waals surface area (Å²) in [6.07, 6.45) is -2.38. The van der Waals surface area contributed by atoms with E-state index in [1.165, 1.54) is 4.57 Å². The second-order valence-electron chi connectivity index (χ2n) is 6.78. The van der Waals surface area contributed by atoms with E-state index in [0.717, 1.165) is 12.4 Å². The highest BCUT2D eigenvalue weighted by molar-refractivity contribution is 5.77. The number of nitrogens with zero attached hydrogens (tertiary/aromatic N) is 5. The van der Waals surface area contributed by atoms with Gasteiger partial charge in [0.2, 0.25) is 0 Å². The van der Waals surface area contributed by atoms with Gasteiger partial charge in [0.05, 0.1) is 30.1 Å². The molecule has 10 heteroatoms. The Kier molecular flexibility index (Phi) is 4.95. The van der Waals surface area contributed by atoms with E-state index in [-0.39, 0.29) is 24.5 Å². The van der Waals surface area contributed by atoms with Crippen LogP contribution in [0.3, 0.4) is 0 Å². The smallest absolute Gasteiger partial charge is 0.395 e. The van der Waals surface area contributed by atoms with Crippen molar-refractivity contribution >= 4 is 16.7 Å². The molecule has 0 bridgehead atoms. The monoisotopic (exact) mass is 405 g/mol. The number of aromatic nitrogens is 4. The molecule has 1 fully saturated rings. The molecule has 1 aromatic carbocycles. The van der Waals surface area contributed by atoms with Crippen LogP contribution in [-0.4, -0.2) is 37.8 Å². The van der Waals surface area contributed by atoms with Gasteiger partial charge in [0.15, 0.2) is 0 Å². The van der Waals surface area contributed by atoms with Crippen molar-refractivity contribution in [2.75, 3.05) is 18.1 Å². The summed E-state index contributed by atoms with van der Waals surface area (Å²) in [7, 11) is 0. The molecular formula is C19H18F3N5O2. The van der Waals surface area contributed by atoms with E-state index in [1.807, 2.05) is 0 Å². The van der Waals surface area contributed by atoms with Crippen LogP contribution in [0.25, 0.3) is 10.9 Å². The molecule has 1 atom stereocenters. The Morgan fingerprint density at radius 2 is 2.00 bits per heavy atom. The SMILES string of the molecule is O=c1c2ccccc2nc(C2CCCN2c2cc(C(F)(F)F)ncn2)n1CCO. The standard InChI is InChI=1S/C19H18F3N5O2/c20-19(21,22)15-10-16(24-11-23-15)26-7-3-6-14(26)17-25-13-5-2-1-4-12(13)18(29)27(17)8-9-28/h1-2,4-5,10-11,14,28H,3,6-9H2. The van der Waals surface area contributed by atoms with Crippen LogP contribution >= 0.6 is 0 Å². The van der Waals surface area contributed by atoms with Gasteiger partial charge in [0.1, 0.15) is 23.7 Å². The van der Waals surface area contributed by atoms with E-state index in [2.05, 4.69) is 15.0 Å². The predicted octanol–water partition coefficient (Wildman–Crippen LogP) is 2.54. The molecule has 0 aliphatic carbocycles. The maximum atomic E-state index is 13.1. The zero-order chi connectivity index (χ0) is 20.6. The average molecular weight is 405 g/mol.